The topological polar surface area (TPSA) is 208 Å². The van der Waals surface area contributed by atoms with Gasteiger partial charge in [0.15, 0.2) is 0 Å². The molecule has 0 aliphatic heterocycles. The van der Waals surface area contributed by atoms with Crippen LogP contribution in [-0.2, 0) is 25.7 Å². The van der Waals surface area contributed by atoms with Gasteiger partial charge in [0.05, 0.1) is 0 Å². The Morgan fingerprint density at radius 1 is 0.900 bits per heavy atom. The van der Waals surface area contributed by atoms with E-state index >= 15 is 0 Å². The Bertz CT molecular complexity index is 189. The van der Waals surface area contributed by atoms with Crippen molar-refractivity contribution in [2.45, 2.75) is 27.7 Å². The van der Waals surface area contributed by atoms with Crippen LogP contribution in [0.2, 0.25) is 0 Å². The van der Waals surface area contributed by atoms with Crippen LogP contribution in [-0.4, -0.2) is 43.2 Å². The summed E-state index contributed by atoms with van der Waals surface area (Å²) in [5.41, 5.74) is 8.50. The van der Waals surface area contributed by atoms with E-state index in [0.717, 1.165) is 0 Å². The first-order chi connectivity index (χ1) is 7.93. The molecule has 0 rings (SSSR count). The third-order valence-electron chi connectivity index (χ3n) is 0. The molecule has 2 amide bonds. The third kappa shape index (κ3) is 9670. The average Bonchev–Trinajstić information content (AvgIpc) is 2.01. The summed E-state index contributed by atoms with van der Waals surface area (Å²) in [5.74, 6) is 0.333. The molecule has 0 aliphatic carbocycles. The molecule has 0 heterocycles. The number of primary amides is 2. The minimum Gasteiger partial charge on any atom is -0.870 e. The Hall–Kier alpha value is -0.690. The molecule has 0 aliphatic rings. The Morgan fingerprint density at radius 2 is 0.900 bits per heavy atom. The van der Waals surface area contributed by atoms with Gasteiger partial charge in [-0.15, -0.1) is 0 Å². The summed E-state index contributed by atoms with van der Waals surface area (Å²) in [5, 5.41) is 0. The van der Waals surface area contributed by atoms with Crippen LogP contribution in [0.25, 0.3) is 0 Å². The molecule has 0 atom stereocenters. The fraction of sp³-hybridized carbons (Fsp3) is 0.500. The second-order valence-electron chi connectivity index (χ2n) is 2.45. The van der Waals surface area contributed by atoms with Crippen molar-refractivity contribution in [1.82, 2.24) is 0 Å². The Labute approximate surface area is 142 Å². The van der Waals surface area contributed by atoms with E-state index in [1.807, 2.05) is 6.79 Å². The van der Waals surface area contributed by atoms with E-state index in [1.165, 1.54) is 27.7 Å². The average molecular weight is 328 g/mol. The van der Waals surface area contributed by atoms with Gasteiger partial charge < -0.3 is 31.3 Å². The molecule has 0 aromatic heterocycles. The van der Waals surface area contributed by atoms with Crippen molar-refractivity contribution < 1.29 is 67.5 Å². The molecule has 0 bridgehead atoms. The largest absolute Gasteiger partial charge is 1.00 e. The minimum absolute atomic E-state index is 0. The molecular formula is C8H21N2NaO8S. The molecular weight excluding hydrogens is 307 g/mol. The van der Waals surface area contributed by atoms with Crippen LogP contribution in [0, 0.1) is 0 Å². The number of urea groups is 1. The first-order valence-electron chi connectivity index (χ1n) is 4.01. The number of rotatable bonds is 0. The summed E-state index contributed by atoms with van der Waals surface area (Å²) in [4.78, 5) is 35.9. The van der Waals surface area contributed by atoms with Crippen molar-refractivity contribution in [1.29, 1.82) is 0 Å². The zero-order valence-electron chi connectivity index (χ0n) is 12.2. The molecule has 0 aromatic carbocycles. The number of ketones is 2. The smallest absolute Gasteiger partial charge is 0.870 e. The molecule has 118 valence electrons. The maximum absolute atomic E-state index is 9.44. The normalized spacial score (nSPS) is 5.75. The Kier molecular flexibility index (Phi) is 91.6. The molecule has 0 spiro atoms. The molecule has 20 heavy (non-hydrogen) atoms. The fourth-order valence-electron chi connectivity index (χ4n) is 0. The number of carbonyl (C=O) groups excluding carboxylic acids is 4. The standard InChI is InChI=1S/2C3H6O.CH4N2O.CH2O.Na.H2O3S.H2O/c2*1-3(2)4;2-1(3)4;1-2;;1-4(2)3;/h2*1-2H3;(H4,2,3,4);1H2;;(H2,1,2,3);1H2/q;;;;+1;;/p-1. The van der Waals surface area contributed by atoms with Crippen molar-refractivity contribution in [3.8, 4) is 0 Å². The van der Waals surface area contributed by atoms with Gasteiger partial charge in [0.25, 0.3) is 11.4 Å². The van der Waals surface area contributed by atoms with Crippen molar-refractivity contribution in [3.63, 3.8) is 0 Å². The van der Waals surface area contributed by atoms with Crippen LogP contribution in [0.5, 0.6) is 0 Å². The second-order valence-corrected chi connectivity index (χ2v) is 2.91. The SMILES string of the molecule is C=O.CC(C)=O.CC(C)=O.NC(N)=O.O=S(O)O.[Na+].[OH-]. The van der Waals surface area contributed by atoms with E-state index in [1.54, 1.807) is 0 Å². The number of hydrogen-bond donors (Lipinski definition) is 4. The van der Waals surface area contributed by atoms with E-state index in [0.29, 0.717) is 0 Å². The van der Waals surface area contributed by atoms with E-state index in [4.69, 9.17) is 22.9 Å². The zero-order chi connectivity index (χ0) is 16.3. The van der Waals surface area contributed by atoms with Gasteiger partial charge in [-0.1, -0.05) is 0 Å². The van der Waals surface area contributed by atoms with Gasteiger partial charge in [0.1, 0.15) is 18.4 Å². The number of nitrogens with two attached hydrogens (primary N) is 2. The summed E-state index contributed by atoms with van der Waals surface area (Å²) in [6.07, 6.45) is 0. The number of Topliss-reactive ketones (excluding diaryl/α,β-unsaturated/α-hetero) is 2. The maximum Gasteiger partial charge on any atom is 1.00 e. The van der Waals surface area contributed by atoms with Crippen LogP contribution in [0.15, 0.2) is 0 Å². The maximum atomic E-state index is 9.44. The number of hydrogen-bond acceptors (Lipinski definition) is 6. The molecule has 0 unspecified atom stereocenters. The number of carbonyl (C=O) groups is 4. The molecule has 0 radical (unpaired) electrons. The van der Waals surface area contributed by atoms with E-state index in [-0.39, 0.29) is 46.6 Å². The quantitative estimate of drug-likeness (QED) is 0.259. The van der Waals surface area contributed by atoms with Gasteiger partial charge in [0, 0.05) is 0 Å². The summed E-state index contributed by atoms with van der Waals surface area (Å²) >= 11 is -2.61. The van der Waals surface area contributed by atoms with Gasteiger partial charge >= 0.3 is 35.6 Å². The predicted molar refractivity (Wildman–Crippen MR) is 68.9 cm³/mol. The molecule has 12 heteroatoms. The van der Waals surface area contributed by atoms with Crippen LogP contribution in [0.1, 0.15) is 27.7 Å². The molecule has 7 N–H and O–H groups in total. The van der Waals surface area contributed by atoms with Crippen molar-refractivity contribution >= 4 is 35.7 Å². The Morgan fingerprint density at radius 3 is 0.900 bits per heavy atom. The zero-order valence-corrected chi connectivity index (χ0v) is 15.0. The first kappa shape index (κ1) is 42.7. The van der Waals surface area contributed by atoms with Gasteiger partial charge in [-0.2, -0.15) is 4.21 Å². The van der Waals surface area contributed by atoms with Gasteiger partial charge in [0.2, 0.25) is 0 Å². The molecule has 0 fully saturated rings. The van der Waals surface area contributed by atoms with Crippen molar-refractivity contribution in [3.05, 3.63) is 0 Å². The second kappa shape index (κ2) is 42.9. The van der Waals surface area contributed by atoms with Crippen molar-refractivity contribution in [2.75, 3.05) is 0 Å². The Balaban J connectivity index is -0.0000000209. The van der Waals surface area contributed by atoms with Crippen LogP contribution in [0.3, 0.4) is 0 Å². The molecule has 10 nitrogen and oxygen atoms in total. The van der Waals surface area contributed by atoms with E-state index in [2.05, 4.69) is 11.5 Å². The molecule has 0 saturated heterocycles. The van der Waals surface area contributed by atoms with Gasteiger partial charge in [-0.3, -0.25) is 9.11 Å². The van der Waals surface area contributed by atoms with Crippen LogP contribution >= 0.6 is 0 Å². The van der Waals surface area contributed by atoms with Crippen LogP contribution < -0.4 is 41.0 Å². The fourth-order valence-corrected chi connectivity index (χ4v) is 0. The third-order valence-corrected chi connectivity index (χ3v) is 0. The minimum atomic E-state index is -2.61. The summed E-state index contributed by atoms with van der Waals surface area (Å²) in [6.45, 7) is 8.11. The summed E-state index contributed by atoms with van der Waals surface area (Å²) in [6, 6.07) is -0.833. The van der Waals surface area contributed by atoms with E-state index < -0.39 is 17.4 Å². The monoisotopic (exact) mass is 328 g/mol. The summed E-state index contributed by atoms with van der Waals surface area (Å²) in [7, 11) is 0. The van der Waals surface area contributed by atoms with Crippen molar-refractivity contribution in [2.24, 2.45) is 11.5 Å². The van der Waals surface area contributed by atoms with E-state index in [9.17, 15) is 9.59 Å². The predicted octanol–water partition coefficient (Wildman–Crippen LogP) is -3.46. The number of amides is 2. The van der Waals surface area contributed by atoms with Gasteiger partial charge in [-0.05, 0) is 27.7 Å². The van der Waals surface area contributed by atoms with Crippen LogP contribution in [0.4, 0.5) is 4.79 Å². The molecule has 0 aromatic rings. The molecule has 0 saturated carbocycles. The van der Waals surface area contributed by atoms with Gasteiger partial charge in [-0.25, -0.2) is 4.79 Å². The summed E-state index contributed by atoms with van der Waals surface area (Å²) < 4.78 is 22.8. The first-order valence-corrected chi connectivity index (χ1v) is 5.07.